The van der Waals surface area contributed by atoms with Crippen LogP contribution in [0.15, 0.2) is 47.0 Å². The molecule has 0 fully saturated rings. The predicted molar refractivity (Wildman–Crippen MR) is 109 cm³/mol. The summed E-state index contributed by atoms with van der Waals surface area (Å²) in [6.45, 7) is 2.43. The predicted octanol–water partition coefficient (Wildman–Crippen LogP) is 3.43. The van der Waals surface area contributed by atoms with E-state index in [1.165, 1.54) is 0 Å². The fourth-order valence-electron chi connectivity index (χ4n) is 3.48. The Morgan fingerprint density at radius 3 is 2.79 bits per heavy atom. The highest BCUT2D eigenvalue weighted by Crippen LogP contribution is 2.33. The maximum Gasteiger partial charge on any atom is 0.338 e. The molecule has 0 saturated carbocycles. The van der Waals surface area contributed by atoms with Crippen LogP contribution in [0.2, 0.25) is 0 Å². The van der Waals surface area contributed by atoms with Gasteiger partial charge in [0.1, 0.15) is 12.4 Å². The number of hydroxylamine groups is 2. The second kappa shape index (κ2) is 7.52. The Labute approximate surface area is 168 Å². The summed E-state index contributed by atoms with van der Waals surface area (Å²) in [5.41, 5.74) is 11.0. The number of benzene rings is 2. The van der Waals surface area contributed by atoms with Crippen LogP contribution in [0.5, 0.6) is 0 Å². The summed E-state index contributed by atoms with van der Waals surface area (Å²) in [6, 6.07) is 11.3. The molecule has 148 valence electrons. The van der Waals surface area contributed by atoms with E-state index in [9.17, 15) is 14.8 Å². The molecular formula is C22H21N3O4. The third-order valence-electron chi connectivity index (χ3n) is 4.96. The first kappa shape index (κ1) is 18.9. The van der Waals surface area contributed by atoms with E-state index in [0.29, 0.717) is 40.8 Å². The van der Waals surface area contributed by atoms with Crippen LogP contribution >= 0.6 is 0 Å². The van der Waals surface area contributed by atoms with Gasteiger partial charge in [0.05, 0.1) is 11.3 Å². The molecule has 1 amide bonds. The fraction of sp³-hybridized carbons (Fsp3) is 0.227. The van der Waals surface area contributed by atoms with Crippen LogP contribution in [0.4, 0.5) is 5.69 Å². The molecule has 2 aromatic rings. The number of amidine groups is 1. The van der Waals surface area contributed by atoms with Gasteiger partial charge in [-0.05, 0) is 35.8 Å². The number of amides is 1. The number of ether oxygens (including phenoxy) is 1. The standard InChI is InChI=1S/C22H21N3O4/c1-2-7-25(28)21(26)17-8-15-5-3-14(10-19(15)24-20(23)11-17)13-4-6-16-12-29-22(27)18(16)9-13/h3-6,8-10,28H,2,7,11-12H2,1H3,(H2,23,24). The summed E-state index contributed by atoms with van der Waals surface area (Å²) in [5.74, 6) is -0.493. The van der Waals surface area contributed by atoms with E-state index in [1.54, 1.807) is 6.08 Å². The van der Waals surface area contributed by atoms with Crippen LogP contribution in [-0.4, -0.2) is 34.5 Å². The second-order valence-electron chi connectivity index (χ2n) is 7.10. The molecule has 2 aliphatic heterocycles. The summed E-state index contributed by atoms with van der Waals surface area (Å²) >= 11 is 0. The van der Waals surface area contributed by atoms with Crippen LogP contribution in [0.3, 0.4) is 0 Å². The molecule has 0 saturated heterocycles. The van der Waals surface area contributed by atoms with Gasteiger partial charge in [-0.15, -0.1) is 0 Å². The molecule has 0 atom stereocenters. The lowest BCUT2D eigenvalue weighted by molar-refractivity contribution is -0.160. The molecule has 7 nitrogen and oxygen atoms in total. The number of carbonyl (C=O) groups excluding carboxylic acids is 2. The molecular weight excluding hydrogens is 370 g/mol. The highest BCUT2D eigenvalue weighted by Gasteiger charge is 2.22. The van der Waals surface area contributed by atoms with E-state index in [-0.39, 0.29) is 18.9 Å². The van der Waals surface area contributed by atoms with Crippen molar-refractivity contribution in [1.29, 1.82) is 0 Å². The highest BCUT2D eigenvalue weighted by molar-refractivity contribution is 6.05. The van der Waals surface area contributed by atoms with Crippen molar-refractivity contribution in [1.82, 2.24) is 5.06 Å². The zero-order chi connectivity index (χ0) is 20.5. The van der Waals surface area contributed by atoms with Gasteiger partial charge >= 0.3 is 5.97 Å². The fourth-order valence-corrected chi connectivity index (χ4v) is 3.48. The number of nitrogens with two attached hydrogens (primary N) is 1. The van der Waals surface area contributed by atoms with Crippen molar-refractivity contribution < 1.29 is 19.5 Å². The molecule has 0 bridgehead atoms. The van der Waals surface area contributed by atoms with Gasteiger partial charge in [-0.2, -0.15) is 0 Å². The van der Waals surface area contributed by atoms with Crippen molar-refractivity contribution in [2.45, 2.75) is 26.4 Å². The molecule has 2 heterocycles. The van der Waals surface area contributed by atoms with Gasteiger partial charge in [0.15, 0.2) is 0 Å². The maximum atomic E-state index is 12.5. The number of hydrogen-bond acceptors (Lipinski definition) is 6. The van der Waals surface area contributed by atoms with Crippen LogP contribution in [0.25, 0.3) is 17.2 Å². The normalized spacial score (nSPS) is 14.9. The number of hydrogen-bond donors (Lipinski definition) is 2. The smallest absolute Gasteiger partial charge is 0.338 e. The quantitative estimate of drug-likeness (QED) is 0.472. The number of aliphatic imine (C=N–C) groups is 1. The molecule has 29 heavy (non-hydrogen) atoms. The number of fused-ring (bicyclic) bond motifs is 2. The van der Waals surface area contributed by atoms with Gasteiger partial charge in [0.25, 0.3) is 5.91 Å². The van der Waals surface area contributed by atoms with E-state index in [0.717, 1.165) is 22.3 Å². The number of rotatable bonds is 4. The van der Waals surface area contributed by atoms with E-state index < -0.39 is 5.91 Å². The minimum absolute atomic E-state index is 0.161. The molecule has 7 heteroatoms. The van der Waals surface area contributed by atoms with Gasteiger partial charge in [-0.1, -0.05) is 31.2 Å². The Hall–Kier alpha value is -3.45. The Balaban J connectivity index is 1.71. The number of nitrogens with zero attached hydrogens (tertiary/aromatic N) is 2. The first-order chi connectivity index (χ1) is 14.0. The SMILES string of the molecule is CCCN(O)C(=O)C1=Cc2ccc(-c3ccc4c(c3)C(=O)OC4)cc2N=C(N)C1. The molecule has 0 aromatic heterocycles. The molecule has 0 spiro atoms. The van der Waals surface area contributed by atoms with Crippen LogP contribution in [0, 0.1) is 0 Å². The van der Waals surface area contributed by atoms with Crippen molar-refractivity contribution in [3.8, 4) is 11.1 Å². The average Bonchev–Trinajstić information content (AvgIpc) is 2.98. The molecule has 2 aromatic carbocycles. The summed E-state index contributed by atoms with van der Waals surface area (Å²) in [6.07, 6.45) is 2.52. The van der Waals surface area contributed by atoms with Gasteiger partial charge < -0.3 is 10.5 Å². The van der Waals surface area contributed by atoms with Crippen molar-refractivity contribution >= 4 is 29.5 Å². The van der Waals surface area contributed by atoms with Gasteiger partial charge in [0.2, 0.25) is 0 Å². The molecule has 2 aliphatic rings. The molecule has 0 unspecified atom stereocenters. The maximum absolute atomic E-state index is 12.5. The number of cyclic esters (lactones) is 1. The van der Waals surface area contributed by atoms with E-state index >= 15 is 0 Å². The van der Waals surface area contributed by atoms with E-state index in [2.05, 4.69) is 4.99 Å². The monoisotopic (exact) mass is 391 g/mol. The largest absolute Gasteiger partial charge is 0.457 e. The third kappa shape index (κ3) is 3.64. The van der Waals surface area contributed by atoms with Crippen molar-refractivity contribution in [3.63, 3.8) is 0 Å². The van der Waals surface area contributed by atoms with Crippen molar-refractivity contribution in [2.24, 2.45) is 10.7 Å². The molecule has 0 aliphatic carbocycles. The second-order valence-corrected chi connectivity index (χ2v) is 7.10. The summed E-state index contributed by atoms with van der Waals surface area (Å²) in [7, 11) is 0. The van der Waals surface area contributed by atoms with E-state index in [4.69, 9.17) is 10.5 Å². The topological polar surface area (TPSA) is 105 Å². The summed E-state index contributed by atoms with van der Waals surface area (Å²) < 4.78 is 5.06. The van der Waals surface area contributed by atoms with E-state index in [1.807, 2.05) is 43.3 Å². The lowest BCUT2D eigenvalue weighted by atomic mass is 9.98. The third-order valence-corrected chi connectivity index (χ3v) is 4.96. The number of carbonyl (C=O) groups is 2. The van der Waals surface area contributed by atoms with Crippen LogP contribution in [-0.2, 0) is 16.1 Å². The Morgan fingerprint density at radius 1 is 1.24 bits per heavy atom. The first-order valence-electron chi connectivity index (χ1n) is 9.45. The Kier molecular flexibility index (Phi) is 4.90. The molecule has 0 radical (unpaired) electrons. The Morgan fingerprint density at radius 2 is 2.00 bits per heavy atom. The summed E-state index contributed by atoms with van der Waals surface area (Å²) in [4.78, 5) is 28.8. The lowest BCUT2D eigenvalue weighted by Crippen LogP contribution is -2.30. The first-order valence-corrected chi connectivity index (χ1v) is 9.45. The average molecular weight is 391 g/mol. The van der Waals surface area contributed by atoms with Crippen LogP contribution < -0.4 is 5.73 Å². The molecule has 3 N–H and O–H groups in total. The zero-order valence-electron chi connectivity index (χ0n) is 16.0. The Bertz CT molecular complexity index is 1070. The minimum Gasteiger partial charge on any atom is -0.457 e. The van der Waals surface area contributed by atoms with Gasteiger partial charge in [-0.3, -0.25) is 10.0 Å². The highest BCUT2D eigenvalue weighted by atomic mass is 16.5. The van der Waals surface area contributed by atoms with Gasteiger partial charge in [-0.25, -0.2) is 14.9 Å². The molecule has 4 rings (SSSR count). The van der Waals surface area contributed by atoms with Crippen LogP contribution in [0.1, 0.15) is 41.3 Å². The zero-order valence-corrected chi connectivity index (χ0v) is 16.0. The van der Waals surface area contributed by atoms with Crippen molar-refractivity contribution in [2.75, 3.05) is 6.54 Å². The minimum atomic E-state index is -0.473. The summed E-state index contributed by atoms with van der Waals surface area (Å²) in [5, 5.41) is 10.6. The van der Waals surface area contributed by atoms with Crippen molar-refractivity contribution in [3.05, 3.63) is 58.7 Å². The lowest BCUT2D eigenvalue weighted by Gasteiger charge is -2.15. The van der Waals surface area contributed by atoms with Gasteiger partial charge in [0, 0.05) is 29.7 Å². The number of esters is 1.